The van der Waals surface area contributed by atoms with Crippen LogP contribution in [0.3, 0.4) is 0 Å². The van der Waals surface area contributed by atoms with Crippen molar-refractivity contribution in [1.82, 2.24) is 14.8 Å². The third-order valence-electron chi connectivity index (χ3n) is 4.94. The highest BCUT2D eigenvalue weighted by atomic mass is 16.1. The number of aromatic nitrogens is 3. The number of rotatable bonds is 4. The van der Waals surface area contributed by atoms with Crippen LogP contribution in [-0.4, -0.2) is 26.4 Å². The van der Waals surface area contributed by atoms with Gasteiger partial charge in [-0.3, -0.25) is 19.5 Å². The molecule has 0 fully saturated rings. The fraction of sp³-hybridized carbons (Fsp3) is 0.238. The minimum absolute atomic E-state index is 0.114. The molecule has 0 aromatic carbocycles. The Hall–Kier alpha value is -3.68. The standard InChI is InChI=1S/C21H25N7O/c1-12-5-20(25-10-18(13(12)2)15-8-26-28(4)11-15)17(7-22)21(29)27-19-6-16(23)9-24-14(19)3/h5-11,13H,22-23H2,1-4H3,(H,27,29)/b17-7+. The number of nitrogen functional groups attached to an aromatic ring is 1. The molecule has 8 nitrogen and oxygen atoms in total. The van der Waals surface area contributed by atoms with Crippen LogP contribution in [0.15, 0.2) is 59.3 Å². The fourth-order valence-electron chi connectivity index (χ4n) is 3.06. The molecule has 0 saturated carbocycles. The van der Waals surface area contributed by atoms with E-state index in [0.717, 1.165) is 16.7 Å². The van der Waals surface area contributed by atoms with Crippen molar-refractivity contribution in [1.29, 1.82) is 0 Å². The predicted molar refractivity (Wildman–Crippen MR) is 116 cm³/mol. The number of aliphatic imine (C=N–C) groups is 1. The first-order valence-corrected chi connectivity index (χ1v) is 9.21. The Kier molecular flexibility index (Phi) is 5.63. The van der Waals surface area contributed by atoms with Gasteiger partial charge in [0.15, 0.2) is 0 Å². The van der Waals surface area contributed by atoms with Gasteiger partial charge in [0, 0.05) is 37.1 Å². The lowest BCUT2D eigenvalue weighted by atomic mass is 9.90. The smallest absolute Gasteiger partial charge is 0.259 e. The number of nitrogens with one attached hydrogen (secondary N) is 1. The van der Waals surface area contributed by atoms with Crippen LogP contribution in [0.4, 0.5) is 11.4 Å². The monoisotopic (exact) mass is 391 g/mol. The second-order valence-corrected chi connectivity index (χ2v) is 7.05. The Morgan fingerprint density at radius 2 is 2.07 bits per heavy atom. The Morgan fingerprint density at radius 3 is 2.72 bits per heavy atom. The van der Waals surface area contributed by atoms with Gasteiger partial charge in [-0.05, 0) is 31.6 Å². The molecule has 0 radical (unpaired) electrons. The number of amides is 1. The predicted octanol–water partition coefficient (Wildman–Crippen LogP) is 2.56. The first-order chi connectivity index (χ1) is 13.8. The third kappa shape index (κ3) is 4.26. The average molecular weight is 391 g/mol. The van der Waals surface area contributed by atoms with Gasteiger partial charge in [0.05, 0.1) is 40.7 Å². The first-order valence-electron chi connectivity index (χ1n) is 9.21. The number of carbonyl (C=O) groups excluding carboxylic acids is 1. The van der Waals surface area contributed by atoms with Crippen LogP contribution in [-0.2, 0) is 11.8 Å². The molecule has 1 atom stereocenters. The van der Waals surface area contributed by atoms with Crippen LogP contribution in [0.25, 0.3) is 5.57 Å². The van der Waals surface area contributed by atoms with Crippen LogP contribution in [0, 0.1) is 12.8 Å². The molecule has 0 spiro atoms. The zero-order chi connectivity index (χ0) is 21.1. The molecule has 2 aromatic rings. The van der Waals surface area contributed by atoms with Gasteiger partial charge in [-0.15, -0.1) is 0 Å². The fourth-order valence-corrected chi connectivity index (χ4v) is 3.06. The molecule has 8 heteroatoms. The highest BCUT2D eigenvalue weighted by Crippen LogP contribution is 2.31. The van der Waals surface area contributed by atoms with E-state index >= 15 is 0 Å². The summed E-state index contributed by atoms with van der Waals surface area (Å²) in [5.74, 6) is -0.264. The molecule has 0 bridgehead atoms. The normalized spacial score (nSPS) is 17.2. The summed E-state index contributed by atoms with van der Waals surface area (Å²) in [4.78, 5) is 21.6. The highest BCUT2D eigenvalue weighted by molar-refractivity contribution is 6.29. The summed E-state index contributed by atoms with van der Waals surface area (Å²) in [6.07, 6.45) is 10.2. The summed E-state index contributed by atoms with van der Waals surface area (Å²) < 4.78 is 1.75. The van der Waals surface area contributed by atoms with E-state index in [1.807, 2.05) is 26.2 Å². The molecule has 150 valence electrons. The van der Waals surface area contributed by atoms with Crippen molar-refractivity contribution >= 4 is 28.6 Å². The van der Waals surface area contributed by atoms with E-state index in [-0.39, 0.29) is 17.4 Å². The highest BCUT2D eigenvalue weighted by Gasteiger charge is 2.21. The summed E-state index contributed by atoms with van der Waals surface area (Å²) in [6, 6.07) is 1.66. The SMILES string of the molecule is CC1=CC(/C(=C\N)C(=O)Nc2cc(N)cnc2C)=NC=C(c2cnn(C)c2)C1C. The van der Waals surface area contributed by atoms with Gasteiger partial charge in [0.2, 0.25) is 0 Å². The maximum Gasteiger partial charge on any atom is 0.259 e. The number of carbonyl (C=O) groups is 1. The van der Waals surface area contributed by atoms with Crippen molar-refractivity contribution in [3.8, 4) is 0 Å². The van der Waals surface area contributed by atoms with E-state index in [1.165, 1.54) is 12.4 Å². The van der Waals surface area contributed by atoms with E-state index in [1.54, 1.807) is 30.1 Å². The average Bonchev–Trinajstić information content (AvgIpc) is 3.04. The number of nitrogens with two attached hydrogens (primary N) is 2. The minimum Gasteiger partial charge on any atom is -0.404 e. The third-order valence-corrected chi connectivity index (χ3v) is 4.94. The number of hydrogen-bond donors (Lipinski definition) is 3. The molecule has 5 N–H and O–H groups in total. The van der Waals surface area contributed by atoms with Gasteiger partial charge in [0.1, 0.15) is 0 Å². The van der Waals surface area contributed by atoms with Crippen LogP contribution in [0.1, 0.15) is 25.1 Å². The number of hydrogen-bond acceptors (Lipinski definition) is 6. The van der Waals surface area contributed by atoms with E-state index in [0.29, 0.717) is 22.8 Å². The number of pyridine rings is 1. The lowest BCUT2D eigenvalue weighted by Gasteiger charge is -2.14. The Labute approximate surface area is 169 Å². The van der Waals surface area contributed by atoms with Gasteiger partial charge < -0.3 is 16.8 Å². The zero-order valence-corrected chi connectivity index (χ0v) is 17.0. The van der Waals surface area contributed by atoms with E-state index in [4.69, 9.17) is 11.5 Å². The van der Waals surface area contributed by atoms with Crippen molar-refractivity contribution in [2.45, 2.75) is 20.8 Å². The minimum atomic E-state index is -0.378. The van der Waals surface area contributed by atoms with Crippen molar-refractivity contribution in [2.24, 2.45) is 23.7 Å². The number of anilines is 2. The summed E-state index contributed by atoms with van der Waals surface area (Å²) in [6.45, 7) is 5.89. The van der Waals surface area contributed by atoms with E-state index in [2.05, 4.69) is 27.3 Å². The number of aryl methyl sites for hydroxylation is 2. The summed E-state index contributed by atoms with van der Waals surface area (Å²) in [7, 11) is 1.87. The maximum atomic E-state index is 12.9. The van der Waals surface area contributed by atoms with Gasteiger partial charge in [-0.2, -0.15) is 5.10 Å². The molecule has 29 heavy (non-hydrogen) atoms. The van der Waals surface area contributed by atoms with Crippen molar-refractivity contribution in [3.05, 3.63) is 65.5 Å². The molecule has 0 saturated heterocycles. The van der Waals surface area contributed by atoms with E-state index < -0.39 is 0 Å². The molecule has 0 aliphatic carbocycles. The lowest BCUT2D eigenvalue weighted by molar-refractivity contribution is -0.112. The van der Waals surface area contributed by atoms with Gasteiger partial charge >= 0.3 is 0 Å². The molecule has 3 heterocycles. The summed E-state index contributed by atoms with van der Waals surface area (Å²) >= 11 is 0. The number of nitrogens with zero attached hydrogens (tertiary/aromatic N) is 4. The van der Waals surface area contributed by atoms with Crippen LogP contribution in [0.2, 0.25) is 0 Å². The van der Waals surface area contributed by atoms with Gasteiger partial charge in [-0.25, -0.2) is 0 Å². The second-order valence-electron chi connectivity index (χ2n) is 7.05. The van der Waals surface area contributed by atoms with Crippen LogP contribution in [0.5, 0.6) is 0 Å². The molecule has 1 unspecified atom stereocenters. The van der Waals surface area contributed by atoms with Crippen molar-refractivity contribution in [2.75, 3.05) is 11.1 Å². The Balaban J connectivity index is 1.94. The molecule has 1 aliphatic rings. The lowest BCUT2D eigenvalue weighted by Crippen LogP contribution is -2.22. The second kappa shape index (κ2) is 8.14. The van der Waals surface area contributed by atoms with Crippen LogP contribution < -0.4 is 16.8 Å². The molecule has 1 amide bonds. The molecule has 3 rings (SSSR count). The number of allylic oxidation sites excluding steroid dienone is 3. The Morgan fingerprint density at radius 1 is 1.31 bits per heavy atom. The van der Waals surface area contributed by atoms with Gasteiger partial charge in [0.25, 0.3) is 5.91 Å². The molecular formula is C21H25N7O. The van der Waals surface area contributed by atoms with Crippen LogP contribution >= 0.6 is 0 Å². The first kappa shape index (κ1) is 20.1. The molecular weight excluding hydrogens is 366 g/mol. The largest absolute Gasteiger partial charge is 0.404 e. The van der Waals surface area contributed by atoms with Crippen molar-refractivity contribution in [3.63, 3.8) is 0 Å². The topological polar surface area (TPSA) is 124 Å². The van der Waals surface area contributed by atoms with Gasteiger partial charge in [-0.1, -0.05) is 12.5 Å². The zero-order valence-electron chi connectivity index (χ0n) is 17.0. The quantitative estimate of drug-likeness (QED) is 0.691. The van der Waals surface area contributed by atoms with E-state index in [9.17, 15) is 4.79 Å². The summed E-state index contributed by atoms with van der Waals surface area (Å²) in [5.41, 5.74) is 17.1. The molecule has 1 aliphatic heterocycles. The maximum absolute atomic E-state index is 12.9. The Bertz CT molecular complexity index is 1070. The summed E-state index contributed by atoms with van der Waals surface area (Å²) in [5, 5.41) is 7.06. The molecule has 2 aromatic heterocycles. The van der Waals surface area contributed by atoms with Crippen molar-refractivity contribution < 1.29 is 4.79 Å².